The van der Waals surface area contributed by atoms with Crippen molar-refractivity contribution in [1.82, 2.24) is 0 Å². The average molecular weight is 282 g/mol. The Hall–Kier alpha value is -1.92. The van der Waals surface area contributed by atoms with Gasteiger partial charge in [0, 0.05) is 11.4 Å². The number of thioether (sulfide) groups is 1. The topological polar surface area (TPSA) is 35.8 Å². The number of rotatable bonds is 5. The molecule has 0 bridgehead atoms. The molecule has 0 aliphatic heterocycles. The van der Waals surface area contributed by atoms with Crippen LogP contribution >= 0.6 is 11.8 Å². The number of nitrogens with one attached hydrogen (secondary N) is 1. The Kier molecular flexibility index (Phi) is 5.09. The van der Waals surface area contributed by atoms with Gasteiger partial charge in [0.1, 0.15) is 6.07 Å². The molecule has 0 heterocycles. The highest BCUT2D eigenvalue weighted by atomic mass is 32.2. The maximum absolute atomic E-state index is 9.29. The first-order valence-electron chi connectivity index (χ1n) is 6.67. The molecule has 0 amide bonds. The van der Waals surface area contributed by atoms with Gasteiger partial charge in [-0.05, 0) is 35.9 Å². The molecule has 2 rings (SSSR count). The molecule has 0 saturated heterocycles. The molecule has 0 radical (unpaired) electrons. The zero-order valence-electron chi connectivity index (χ0n) is 11.8. The van der Waals surface area contributed by atoms with Gasteiger partial charge in [0.15, 0.2) is 0 Å². The fourth-order valence-electron chi connectivity index (χ4n) is 2.05. The molecule has 0 fully saturated rings. The Bertz CT molecular complexity index is 612. The summed E-state index contributed by atoms with van der Waals surface area (Å²) >= 11 is 1.60. The van der Waals surface area contributed by atoms with Crippen LogP contribution in [0.5, 0.6) is 0 Å². The maximum atomic E-state index is 9.29. The minimum atomic E-state index is 0.727. The van der Waals surface area contributed by atoms with E-state index >= 15 is 0 Å². The fourth-order valence-corrected chi connectivity index (χ4v) is 2.63. The van der Waals surface area contributed by atoms with Gasteiger partial charge in [-0.25, -0.2) is 0 Å². The van der Waals surface area contributed by atoms with Gasteiger partial charge in [-0.2, -0.15) is 5.26 Å². The van der Waals surface area contributed by atoms with Crippen molar-refractivity contribution >= 4 is 17.4 Å². The van der Waals surface area contributed by atoms with Gasteiger partial charge in [0.05, 0.1) is 11.3 Å². The summed E-state index contributed by atoms with van der Waals surface area (Å²) in [7, 11) is 0. The highest BCUT2D eigenvalue weighted by Crippen LogP contribution is 2.26. The van der Waals surface area contributed by atoms with Crippen LogP contribution in [0.3, 0.4) is 0 Å². The first kappa shape index (κ1) is 14.5. The van der Waals surface area contributed by atoms with Crippen molar-refractivity contribution in [2.45, 2.75) is 24.8 Å². The van der Waals surface area contributed by atoms with Crippen molar-refractivity contribution in [2.24, 2.45) is 0 Å². The molecule has 0 aromatic heterocycles. The second kappa shape index (κ2) is 7.02. The predicted molar refractivity (Wildman–Crippen MR) is 86.1 cm³/mol. The molecule has 20 heavy (non-hydrogen) atoms. The number of nitriles is 1. The van der Waals surface area contributed by atoms with E-state index in [0.29, 0.717) is 0 Å². The third-order valence-electron chi connectivity index (χ3n) is 3.27. The van der Waals surface area contributed by atoms with Crippen molar-refractivity contribution in [3.63, 3.8) is 0 Å². The van der Waals surface area contributed by atoms with Crippen LogP contribution in [-0.4, -0.2) is 6.26 Å². The Balaban J connectivity index is 2.12. The lowest BCUT2D eigenvalue weighted by Crippen LogP contribution is -2.02. The smallest absolute Gasteiger partial charge is 0.102 e. The molecule has 2 aromatic carbocycles. The highest BCUT2D eigenvalue weighted by molar-refractivity contribution is 7.98. The first-order chi connectivity index (χ1) is 9.78. The van der Waals surface area contributed by atoms with Crippen molar-refractivity contribution in [3.05, 3.63) is 59.2 Å². The number of benzene rings is 2. The van der Waals surface area contributed by atoms with Gasteiger partial charge in [0.25, 0.3) is 0 Å². The lowest BCUT2D eigenvalue weighted by molar-refractivity contribution is 1.10. The zero-order valence-corrected chi connectivity index (χ0v) is 12.6. The summed E-state index contributed by atoms with van der Waals surface area (Å²) in [4.78, 5) is 1.01. The van der Waals surface area contributed by atoms with E-state index in [9.17, 15) is 5.26 Å². The molecular formula is C17H18N2S. The third-order valence-corrected chi connectivity index (χ3v) is 4.05. The highest BCUT2D eigenvalue weighted by Gasteiger charge is 2.06. The van der Waals surface area contributed by atoms with Crippen LogP contribution in [0, 0.1) is 11.3 Å². The van der Waals surface area contributed by atoms with Crippen molar-refractivity contribution < 1.29 is 0 Å². The number of nitrogens with zero attached hydrogens (tertiary/aromatic N) is 1. The molecule has 0 unspecified atom stereocenters. The summed E-state index contributed by atoms with van der Waals surface area (Å²) in [5.41, 5.74) is 4.19. The largest absolute Gasteiger partial charge is 0.380 e. The molecule has 0 spiro atoms. The molecule has 0 aliphatic rings. The number of hydrogen-bond acceptors (Lipinski definition) is 3. The van der Waals surface area contributed by atoms with Crippen LogP contribution in [0.4, 0.5) is 5.69 Å². The Morgan fingerprint density at radius 3 is 2.40 bits per heavy atom. The van der Waals surface area contributed by atoms with E-state index in [-0.39, 0.29) is 0 Å². The van der Waals surface area contributed by atoms with Crippen LogP contribution in [0.1, 0.15) is 23.6 Å². The predicted octanol–water partition coefficient (Wildman–Crippen LogP) is 4.45. The second-order valence-electron chi connectivity index (χ2n) is 4.52. The van der Waals surface area contributed by atoms with Gasteiger partial charge in [-0.15, -0.1) is 11.8 Å². The maximum Gasteiger partial charge on any atom is 0.102 e. The Morgan fingerprint density at radius 1 is 1.10 bits per heavy atom. The summed E-state index contributed by atoms with van der Waals surface area (Å²) in [6.45, 7) is 2.89. The molecule has 0 aliphatic carbocycles. The number of hydrogen-bond donors (Lipinski definition) is 1. The summed E-state index contributed by atoms with van der Waals surface area (Å²) < 4.78 is 0. The zero-order chi connectivity index (χ0) is 14.4. The summed E-state index contributed by atoms with van der Waals surface area (Å²) in [5.74, 6) is 0. The van der Waals surface area contributed by atoms with Gasteiger partial charge in [-0.1, -0.05) is 37.3 Å². The van der Waals surface area contributed by atoms with E-state index in [2.05, 4.69) is 42.6 Å². The quantitative estimate of drug-likeness (QED) is 0.823. The van der Waals surface area contributed by atoms with Crippen molar-refractivity contribution in [2.75, 3.05) is 11.6 Å². The lowest BCUT2D eigenvalue weighted by atomic mass is 10.1. The van der Waals surface area contributed by atoms with Crippen LogP contribution in [-0.2, 0) is 13.0 Å². The van der Waals surface area contributed by atoms with E-state index in [1.54, 1.807) is 11.8 Å². The van der Waals surface area contributed by atoms with Crippen LogP contribution in [0.15, 0.2) is 47.4 Å². The Labute approximate surface area is 124 Å². The minimum absolute atomic E-state index is 0.727. The average Bonchev–Trinajstić information content (AvgIpc) is 2.52. The molecule has 0 saturated carbocycles. The minimum Gasteiger partial charge on any atom is -0.380 e. The molecule has 2 aromatic rings. The molecule has 2 nitrogen and oxygen atoms in total. The van der Waals surface area contributed by atoms with E-state index in [4.69, 9.17) is 0 Å². The standard InChI is InChI=1S/C17H18N2S/c1-3-13-7-9-14(10-8-13)12-19-16-5-4-6-17(20-2)15(16)11-18/h4-10,19H,3,12H2,1-2H3. The monoisotopic (exact) mass is 282 g/mol. The molecule has 102 valence electrons. The van der Waals surface area contributed by atoms with Gasteiger partial charge in [0.2, 0.25) is 0 Å². The van der Waals surface area contributed by atoms with Crippen LogP contribution in [0.25, 0.3) is 0 Å². The van der Waals surface area contributed by atoms with E-state index in [0.717, 1.165) is 29.1 Å². The van der Waals surface area contributed by atoms with E-state index in [1.165, 1.54) is 11.1 Å². The molecule has 1 N–H and O–H groups in total. The fraction of sp³-hybridized carbons (Fsp3) is 0.235. The summed E-state index contributed by atoms with van der Waals surface area (Å²) in [5, 5.41) is 12.6. The van der Waals surface area contributed by atoms with Gasteiger partial charge < -0.3 is 5.32 Å². The Morgan fingerprint density at radius 2 is 1.80 bits per heavy atom. The SMILES string of the molecule is CCc1ccc(CNc2cccc(SC)c2C#N)cc1. The molecule has 3 heteroatoms. The van der Waals surface area contributed by atoms with Crippen molar-refractivity contribution in [1.29, 1.82) is 5.26 Å². The first-order valence-corrected chi connectivity index (χ1v) is 7.89. The van der Waals surface area contributed by atoms with Gasteiger partial charge in [-0.3, -0.25) is 0 Å². The normalized spacial score (nSPS) is 10.1. The second-order valence-corrected chi connectivity index (χ2v) is 5.37. The third kappa shape index (κ3) is 3.34. The lowest BCUT2D eigenvalue weighted by Gasteiger charge is -2.11. The van der Waals surface area contributed by atoms with Crippen LogP contribution in [0.2, 0.25) is 0 Å². The number of aryl methyl sites for hydroxylation is 1. The van der Waals surface area contributed by atoms with Gasteiger partial charge >= 0.3 is 0 Å². The van der Waals surface area contributed by atoms with Crippen molar-refractivity contribution in [3.8, 4) is 6.07 Å². The summed E-state index contributed by atoms with van der Waals surface area (Å²) in [6.07, 6.45) is 3.05. The van der Waals surface area contributed by atoms with E-state index < -0.39 is 0 Å². The number of anilines is 1. The molecular weight excluding hydrogens is 264 g/mol. The van der Waals surface area contributed by atoms with E-state index in [1.807, 2.05) is 24.5 Å². The summed E-state index contributed by atoms with van der Waals surface area (Å²) in [6, 6.07) is 16.8. The molecule has 0 atom stereocenters. The van der Waals surface area contributed by atoms with Crippen LogP contribution < -0.4 is 5.32 Å².